The van der Waals surface area contributed by atoms with E-state index in [1.807, 2.05) is 0 Å². The number of ether oxygens (including phenoxy) is 1. The van der Waals surface area contributed by atoms with Gasteiger partial charge in [0.1, 0.15) is 17.7 Å². The van der Waals surface area contributed by atoms with E-state index >= 15 is 4.39 Å². The highest BCUT2D eigenvalue weighted by Gasteiger charge is 2.50. The summed E-state index contributed by atoms with van der Waals surface area (Å²) in [5.41, 5.74) is 0.458. The van der Waals surface area contributed by atoms with Crippen molar-refractivity contribution in [3.05, 3.63) is 42.5 Å². The maximum absolute atomic E-state index is 15.7. The molecule has 2 bridgehead atoms. The number of aromatic nitrogens is 4. The highest BCUT2D eigenvalue weighted by atomic mass is 19.1. The van der Waals surface area contributed by atoms with E-state index in [0.29, 0.717) is 12.2 Å². The van der Waals surface area contributed by atoms with Crippen molar-refractivity contribution >= 4 is 5.82 Å². The summed E-state index contributed by atoms with van der Waals surface area (Å²) in [4.78, 5) is 10.2. The van der Waals surface area contributed by atoms with Gasteiger partial charge in [-0.3, -0.25) is 0 Å². The smallest absolute Gasteiger partial charge is 0.213 e. The number of phenolic OH excluding ortho intramolecular Hbond substituents is 1. The molecule has 3 fully saturated rings. The molecule has 2 aromatic heterocycles. The van der Waals surface area contributed by atoms with Gasteiger partial charge in [0.05, 0.1) is 35.1 Å². The van der Waals surface area contributed by atoms with Crippen LogP contribution in [-0.2, 0) is 0 Å². The maximum atomic E-state index is 15.7. The molecule has 1 aliphatic carbocycles. The first-order valence-electron chi connectivity index (χ1n) is 14.1. The summed E-state index contributed by atoms with van der Waals surface area (Å²) in [5, 5.41) is 22.9. The first kappa shape index (κ1) is 20.6. The molecule has 0 spiro atoms. The zero-order chi connectivity index (χ0) is 28.2. The average molecular weight is 512 g/mol. The van der Waals surface area contributed by atoms with Crippen LogP contribution in [0.2, 0.25) is 0 Å². The first-order chi connectivity index (χ1) is 19.0. The molecule has 0 unspecified atom stereocenters. The minimum Gasteiger partial charge on any atom is -0.507 e. The van der Waals surface area contributed by atoms with Crippen molar-refractivity contribution < 1.29 is 22.7 Å². The largest absolute Gasteiger partial charge is 0.507 e. The number of rotatable bonds is 6. The molecule has 1 saturated carbocycles. The fraction of sp³-hybridized carbons (Fsp3) is 0.481. The number of hydrogen-bond donors (Lipinski definition) is 2. The molecule has 1 aromatic carbocycles. The molecule has 3 aliphatic rings. The number of piperidine rings is 2. The Morgan fingerprint density at radius 2 is 2.03 bits per heavy atom. The van der Waals surface area contributed by atoms with Gasteiger partial charge in [0, 0.05) is 29.3 Å². The number of nitrogens with zero attached hydrogens (tertiary/aromatic N) is 5. The summed E-state index contributed by atoms with van der Waals surface area (Å²) in [7, 11) is -2.74. The second-order valence-corrected chi connectivity index (χ2v) is 10.5. The normalized spacial score (nSPS) is 28.6. The topological polar surface area (TPSA) is 96.3 Å². The van der Waals surface area contributed by atoms with Gasteiger partial charge in [0.15, 0.2) is 11.6 Å². The highest BCUT2D eigenvalue weighted by Crippen LogP contribution is 2.42. The second-order valence-electron chi connectivity index (χ2n) is 10.5. The van der Waals surface area contributed by atoms with Crippen LogP contribution in [-0.4, -0.2) is 62.1 Å². The molecule has 0 radical (unpaired) electrons. The zero-order valence-electron chi connectivity index (χ0n) is 23.4. The van der Waals surface area contributed by atoms with Gasteiger partial charge in [0.25, 0.3) is 0 Å². The number of aromatic hydroxyl groups is 1. The van der Waals surface area contributed by atoms with Crippen LogP contribution < -0.4 is 15.0 Å². The predicted molar refractivity (Wildman–Crippen MR) is 135 cm³/mol. The van der Waals surface area contributed by atoms with Gasteiger partial charge >= 0.3 is 0 Å². The summed E-state index contributed by atoms with van der Waals surface area (Å²) in [5.74, 6) is -0.529. The lowest BCUT2D eigenvalue weighted by Gasteiger charge is -2.52. The molecular formula is C27H30F2N6O2. The van der Waals surface area contributed by atoms with Crippen LogP contribution in [0.4, 0.5) is 14.6 Å². The third kappa shape index (κ3) is 4.47. The summed E-state index contributed by atoms with van der Waals surface area (Å²) in [6, 6.07) is 5.27. The van der Waals surface area contributed by atoms with Crippen molar-refractivity contribution in [1.29, 1.82) is 0 Å². The molecule has 194 valence electrons. The molecule has 0 amide bonds. The maximum Gasteiger partial charge on any atom is 0.213 e. The minimum absolute atomic E-state index is 0.00628. The number of benzene rings is 1. The van der Waals surface area contributed by atoms with Crippen molar-refractivity contribution in [2.75, 3.05) is 11.9 Å². The molecule has 2 N–H and O–H groups in total. The van der Waals surface area contributed by atoms with Crippen LogP contribution in [0.5, 0.6) is 11.6 Å². The van der Waals surface area contributed by atoms with Gasteiger partial charge in [0.2, 0.25) is 5.88 Å². The summed E-state index contributed by atoms with van der Waals surface area (Å²) in [6.45, 7) is 2.17. The average Bonchev–Trinajstić information content (AvgIpc) is 3.73. The lowest BCUT2D eigenvalue weighted by Crippen LogP contribution is -2.67. The third-order valence-electron chi connectivity index (χ3n) is 7.79. The fourth-order valence-electron chi connectivity index (χ4n) is 5.87. The Morgan fingerprint density at radius 1 is 1.16 bits per heavy atom. The fourth-order valence-corrected chi connectivity index (χ4v) is 5.87. The Labute approximate surface area is 218 Å². The Hall–Kier alpha value is -3.40. The number of pyridine rings is 1. The molecule has 10 heteroatoms. The van der Waals surface area contributed by atoms with Crippen LogP contribution in [0, 0.1) is 5.82 Å². The SMILES string of the molecule is [2H]C([2H])([2H])Oc1cc(-c2ccc(-c3ncc(N(C4CC4)[C@H]4C[C@]5(C)CCC[C@H](N5)[C@H]4F)nn3)c(O)c2)c(F)cn1. The van der Waals surface area contributed by atoms with Crippen LogP contribution in [0.15, 0.2) is 36.7 Å². The van der Waals surface area contributed by atoms with Crippen molar-refractivity contribution in [3.8, 4) is 34.1 Å². The molecule has 2 saturated heterocycles. The summed E-state index contributed by atoms with van der Waals surface area (Å²) < 4.78 is 56.6. The molecule has 3 aromatic rings. The van der Waals surface area contributed by atoms with Crippen molar-refractivity contribution in [1.82, 2.24) is 25.5 Å². The zero-order valence-corrected chi connectivity index (χ0v) is 20.4. The monoisotopic (exact) mass is 511 g/mol. The lowest BCUT2D eigenvalue weighted by atomic mass is 9.74. The van der Waals surface area contributed by atoms with Crippen molar-refractivity contribution in [2.45, 2.75) is 75.3 Å². The molecular weight excluding hydrogens is 478 g/mol. The molecule has 2 aliphatic heterocycles. The second kappa shape index (κ2) is 9.16. The highest BCUT2D eigenvalue weighted by molar-refractivity contribution is 5.73. The summed E-state index contributed by atoms with van der Waals surface area (Å²) in [6.07, 6.45) is 6.88. The van der Waals surface area contributed by atoms with Gasteiger partial charge in [-0.05, 0) is 63.1 Å². The van der Waals surface area contributed by atoms with E-state index in [2.05, 4.69) is 37.3 Å². The number of alkyl halides is 1. The minimum atomic E-state index is -2.74. The number of hydrogen-bond acceptors (Lipinski definition) is 8. The van der Waals surface area contributed by atoms with Gasteiger partial charge in [-0.25, -0.2) is 18.7 Å². The van der Waals surface area contributed by atoms with E-state index in [0.717, 1.165) is 44.4 Å². The van der Waals surface area contributed by atoms with E-state index in [-0.39, 0.29) is 57.8 Å². The number of methoxy groups -OCH3 is 1. The van der Waals surface area contributed by atoms with Gasteiger partial charge < -0.3 is 20.1 Å². The standard InChI is InChI=1S/C27H30F2N6O2/c1-27-9-3-4-20(32-27)25(29)21(12-27)35(16-6-7-16)23-14-31-26(34-33-23)17-8-5-15(10-22(17)36)18-11-24(37-2)30-13-19(18)28/h5,8,10-11,13-14,16,20-21,25,32,36H,3-4,6-7,9,12H2,1-2H3/t20-,21-,25+,27-/m0/s1/i2D3. The molecule has 6 rings (SSSR count). The predicted octanol–water partition coefficient (Wildman–Crippen LogP) is 4.43. The van der Waals surface area contributed by atoms with Gasteiger partial charge in [-0.2, -0.15) is 0 Å². The quantitative estimate of drug-likeness (QED) is 0.502. The number of fused-ring (bicyclic) bond motifs is 2. The van der Waals surface area contributed by atoms with E-state index in [1.54, 1.807) is 12.3 Å². The number of anilines is 1. The summed E-state index contributed by atoms with van der Waals surface area (Å²) >= 11 is 0. The lowest BCUT2D eigenvalue weighted by molar-refractivity contribution is 0.0584. The molecule has 4 atom stereocenters. The number of nitrogens with one attached hydrogen (secondary N) is 1. The van der Waals surface area contributed by atoms with Crippen LogP contribution in [0.3, 0.4) is 0 Å². The van der Waals surface area contributed by atoms with Crippen LogP contribution in [0.25, 0.3) is 22.5 Å². The van der Waals surface area contributed by atoms with Crippen LogP contribution in [0.1, 0.15) is 49.6 Å². The Kier molecular flexibility index (Phi) is 5.11. The van der Waals surface area contributed by atoms with E-state index in [4.69, 9.17) is 8.85 Å². The van der Waals surface area contributed by atoms with E-state index < -0.39 is 19.0 Å². The van der Waals surface area contributed by atoms with Gasteiger partial charge in [-0.15, -0.1) is 10.2 Å². The third-order valence-corrected chi connectivity index (χ3v) is 7.79. The Balaban J connectivity index is 1.25. The van der Waals surface area contributed by atoms with E-state index in [9.17, 15) is 9.50 Å². The van der Waals surface area contributed by atoms with E-state index in [1.165, 1.54) is 12.1 Å². The molecule has 37 heavy (non-hydrogen) atoms. The Bertz CT molecular complexity index is 1410. The number of phenols is 1. The molecule has 8 nitrogen and oxygen atoms in total. The van der Waals surface area contributed by atoms with Gasteiger partial charge in [-0.1, -0.05) is 6.07 Å². The molecule has 4 heterocycles. The van der Waals surface area contributed by atoms with Crippen molar-refractivity contribution in [2.24, 2.45) is 0 Å². The first-order valence-corrected chi connectivity index (χ1v) is 12.6. The Morgan fingerprint density at radius 3 is 2.76 bits per heavy atom. The number of halogens is 2. The van der Waals surface area contributed by atoms with Crippen molar-refractivity contribution in [3.63, 3.8) is 0 Å². The van der Waals surface area contributed by atoms with Crippen LogP contribution >= 0.6 is 0 Å².